The lowest BCUT2D eigenvalue weighted by Crippen LogP contribution is -2.20. The zero-order valence-electron chi connectivity index (χ0n) is 12.5. The van der Waals surface area contributed by atoms with Gasteiger partial charge in [0.2, 0.25) is 5.91 Å². The third-order valence-corrected chi connectivity index (χ3v) is 4.06. The SMILES string of the molecule is CCNCc1ccccc1NC(=O)CC1CCCCC1. The van der Waals surface area contributed by atoms with Crippen LogP contribution in [0.2, 0.25) is 0 Å². The first-order valence-electron chi connectivity index (χ1n) is 7.88. The van der Waals surface area contributed by atoms with Crippen molar-refractivity contribution < 1.29 is 4.79 Å². The van der Waals surface area contributed by atoms with Gasteiger partial charge in [-0.3, -0.25) is 4.79 Å². The fourth-order valence-corrected chi connectivity index (χ4v) is 2.91. The number of carbonyl (C=O) groups excluding carboxylic acids is 1. The minimum atomic E-state index is 0.167. The van der Waals surface area contributed by atoms with Crippen molar-refractivity contribution in [1.82, 2.24) is 5.32 Å². The summed E-state index contributed by atoms with van der Waals surface area (Å²) < 4.78 is 0. The van der Waals surface area contributed by atoms with Crippen molar-refractivity contribution in [3.63, 3.8) is 0 Å². The molecule has 0 aliphatic heterocycles. The van der Waals surface area contributed by atoms with Gasteiger partial charge >= 0.3 is 0 Å². The molecule has 0 spiro atoms. The highest BCUT2D eigenvalue weighted by atomic mass is 16.1. The molecule has 1 amide bonds. The molecule has 0 atom stereocenters. The number of amides is 1. The lowest BCUT2D eigenvalue weighted by molar-refractivity contribution is -0.117. The highest BCUT2D eigenvalue weighted by Gasteiger charge is 2.17. The second-order valence-electron chi connectivity index (χ2n) is 5.69. The number of nitrogens with one attached hydrogen (secondary N) is 2. The maximum Gasteiger partial charge on any atom is 0.224 e. The molecule has 0 saturated heterocycles. The van der Waals surface area contributed by atoms with Crippen LogP contribution in [0.1, 0.15) is 51.0 Å². The molecule has 1 aliphatic carbocycles. The van der Waals surface area contributed by atoms with E-state index < -0.39 is 0 Å². The van der Waals surface area contributed by atoms with E-state index in [1.165, 1.54) is 32.1 Å². The van der Waals surface area contributed by atoms with Crippen LogP contribution in [0.5, 0.6) is 0 Å². The van der Waals surface area contributed by atoms with E-state index in [1.54, 1.807) is 0 Å². The molecule has 3 nitrogen and oxygen atoms in total. The summed E-state index contributed by atoms with van der Waals surface area (Å²) in [5, 5.41) is 6.40. The Labute approximate surface area is 122 Å². The molecule has 3 heteroatoms. The Morgan fingerprint density at radius 2 is 1.95 bits per heavy atom. The molecular formula is C17H26N2O. The quantitative estimate of drug-likeness (QED) is 0.830. The molecule has 2 rings (SSSR count). The Morgan fingerprint density at radius 1 is 1.20 bits per heavy atom. The highest BCUT2D eigenvalue weighted by Crippen LogP contribution is 2.26. The van der Waals surface area contributed by atoms with E-state index in [4.69, 9.17) is 0 Å². The van der Waals surface area contributed by atoms with Gasteiger partial charge in [0.25, 0.3) is 0 Å². The maximum absolute atomic E-state index is 12.2. The van der Waals surface area contributed by atoms with Gasteiger partial charge in [0.1, 0.15) is 0 Å². The Kier molecular flexibility index (Phi) is 6.06. The molecule has 0 unspecified atom stereocenters. The smallest absolute Gasteiger partial charge is 0.224 e. The third-order valence-electron chi connectivity index (χ3n) is 4.06. The lowest BCUT2D eigenvalue weighted by Gasteiger charge is -2.21. The fourth-order valence-electron chi connectivity index (χ4n) is 2.91. The Hall–Kier alpha value is -1.35. The molecular weight excluding hydrogens is 248 g/mol. The molecule has 1 aliphatic rings. The molecule has 0 bridgehead atoms. The predicted molar refractivity (Wildman–Crippen MR) is 83.6 cm³/mol. The first-order chi connectivity index (χ1) is 9.79. The van der Waals surface area contributed by atoms with E-state index in [0.29, 0.717) is 12.3 Å². The Morgan fingerprint density at radius 3 is 2.70 bits per heavy atom. The van der Waals surface area contributed by atoms with E-state index >= 15 is 0 Å². The third kappa shape index (κ3) is 4.64. The monoisotopic (exact) mass is 274 g/mol. The average Bonchev–Trinajstić information content (AvgIpc) is 2.47. The molecule has 1 aromatic carbocycles. The number of benzene rings is 1. The standard InChI is InChI=1S/C17H26N2O/c1-2-18-13-15-10-6-7-11-16(15)19-17(20)12-14-8-4-3-5-9-14/h6-7,10-11,14,18H,2-5,8-9,12-13H2,1H3,(H,19,20). The van der Waals surface area contributed by atoms with Crippen LogP contribution in [-0.4, -0.2) is 12.5 Å². The van der Waals surface area contributed by atoms with Crippen molar-refractivity contribution in [1.29, 1.82) is 0 Å². The van der Waals surface area contributed by atoms with Crippen LogP contribution in [0.4, 0.5) is 5.69 Å². The van der Waals surface area contributed by atoms with Gasteiger partial charge in [0, 0.05) is 18.7 Å². The number of anilines is 1. The van der Waals surface area contributed by atoms with Crippen LogP contribution < -0.4 is 10.6 Å². The number of rotatable bonds is 6. The van der Waals surface area contributed by atoms with Gasteiger partial charge in [-0.25, -0.2) is 0 Å². The summed E-state index contributed by atoms with van der Waals surface area (Å²) in [5.74, 6) is 0.755. The van der Waals surface area contributed by atoms with Gasteiger partial charge in [-0.15, -0.1) is 0 Å². The number of carbonyl (C=O) groups is 1. The maximum atomic E-state index is 12.2. The van der Waals surface area contributed by atoms with Crippen LogP contribution >= 0.6 is 0 Å². The number of hydrogen-bond donors (Lipinski definition) is 2. The summed E-state index contributed by atoms with van der Waals surface area (Å²) >= 11 is 0. The van der Waals surface area contributed by atoms with E-state index in [9.17, 15) is 4.79 Å². The first kappa shape index (κ1) is 15.0. The van der Waals surface area contributed by atoms with Crippen molar-refractivity contribution in [2.75, 3.05) is 11.9 Å². The summed E-state index contributed by atoms with van der Waals surface area (Å²) in [4.78, 5) is 12.2. The predicted octanol–water partition coefficient (Wildman–Crippen LogP) is 3.71. The Bertz CT molecular complexity index is 425. The van der Waals surface area contributed by atoms with Crippen molar-refractivity contribution in [3.05, 3.63) is 29.8 Å². The minimum absolute atomic E-state index is 0.167. The van der Waals surface area contributed by atoms with Gasteiger partial charge in [-0.05, 0) is 36.9 Å². The minimum Gasteiger partial charge on any atom is -0.326 e. The topological polar surface area (TPSA) is 41.1 Å². The zero-order valence-corrected chi connectivity index (χ0v) is 12.5. The van der Waals surface area contributed by atoms with Crippen molar-refractivity contribution in [3.8, 4) is 0 Å². The zero-order chi connectivity index (χ0) is 14.2. The number of para-hydroxylation sites is 1. The molecule has 1 fully saturated rings. The van der Waals surface area contributed by atoms with Gasteiger partial charge in [-0.1, -0.05) is 44.4 Å². The van der Waals surface area contributed by atoms with Gasteiger partial charge in [0.15, 0.2) is 0 Å². The van der Waals surface area contributed by atoms with Gasteiger partial charge in [0.05, 0.1) is 0 Å². The summed E-state index contributed by atoms with van der Waals surface area (Å²) in [6.07, 6.45) is 7.02. The average molecular weight is 274 g/mol. The van der Waals surface area contributed by atoms with Crippen molar-refractivity contribution in [2.24, 2.45) is 5.92 Å². The van der Waals surface area contributed by atoms with E-state index in [1.807, 2.05) is 18.2 Å². The fraction of sp³-hybridized carbons (Fsp3) is 0.588. The molecule has 0 radical (unpaired) electrons. The molecule has 2 N–H and O–H groups in total. The molecule has 0 aromatic heterocycles. The summed E-state index contributed by atoms with van der Waals surface area (Å²) in [7, 11) is 0. The van der Waals surface area contributed by atoms with Crippen molar-refractivity contribution >= 4 is 11.6 Å². The van der Waals surface area contributed by atoms with Crippen LogP contribution in [0.3, 0.4) is 0 Å². The lowest BCUT2D eigenvalue weighted by atomic mass is 9.87. The van der Waals surface area contributed by atoms with Crippen molar-refractivity contribution in [2.45, 2.75) is 52.0 Å². The van der Waals surface area contributed by atoms with E-state index in [0.717, 1.165) is 24.3 Å². The molecule has 1 aromatic rings. The normalized spacial score (nSPS) is 16.1. The van der Waals surface area contributed by atoms with Gasteiger partial charge < -0.3 is 10.6 Å². The highest BCUT2D eigenvalue weighted by molar-refractivity contribution is 5.91. The molecule has 1 saturated carbocycles. The van der Waals surface area contributed by atoms with Crippen LogP contribution in [0, 0.1) is 5.92 Å². The van der Waals surface area contributed by atoms with Gasteiger partial charge in [-0.2, -0.15) is 0 Å². The Balaban J connectivity index is 1.89. The molecule has 110 valence electrons. The van der Waals surface area contributed by atoms with Crippen LogP contribution in [0.15, 0.2) is 24.3 Å². The molecule has 0 heterocycles. The largest absolute Gasteiger partial charge is 0.326 e. The first-order valence-corrected chi connectivity index (χ1v) is 7.88. The summed E-state index contributed by atoms with van der Waals surface area (Å²) in [6.45, 7) is 3.82. The number of hydrogen-bond acceptors (Lipinski definition) is 2. The van der Waals surface area contributed by atoms with E-state index in [2.05, 4.69) is 23.6 Å². The second kappa shape index (κ2) is 8.05. The van der Waals surface area contributed by atoms with Crippen LogP contribution in [-0.2, 0) is 11.3 Å². The van der Waals surface area contributed by atoms with Crippen LogP contribution in [0.25, 0.3) is 0 Å². The second-order valence-corrected chi connectivity index (χ2v) is 5.69. The summed E-state index contributed by atoms with van der Waals surface area (Å²) in [6, 6.07) is 8.06. The van der Waals surface area contributed by atoms with E-state index in [-0.39, 0.29) is 5.91 Å². The summed E-state index contributed by atoms with van der Waals surface area (Å²) in [5.41, 5.74) is 2.11. The molecule has 20 heavy (non-hydrogen) atoms.